The average molecular weight is 292 g/mol. The standard InChI is InChI=1S/C16H18ClNO2/c1-2-19-15-5-3-4-12(10-15)16(18)11-20-14-8-6-13(17)7-9-14/h3-10,16H,2,11,18H2,1H3. The third-order valence-electron chi connectivity index (χ3n) is 2.84. The molecule has 106 valence electrons. The number of rotatable bonds is 6. The van der Waals surface area contributed by atoms with Gasteiger partial charge < -0.3 is 15.2 Å². The van der Waals surface area contributed by atoms with E-state index in [9.17, 15) is 0 Å². The Labute approximate surface area is 124 Å². The van der Waals surface area contributed by atoms with Crippen LogP contribution in [0.5, 0.6) is 11.5 Å². The zero-order valence-corrected chi connectivity index (χ0v) is 12.1. The number of hydrogen-bond donors (Lipinski definition) is 1. The molecule has 0 heterocycles. The van der Waals surface area contributed by atoms with Crippen LogP contribution in [0.1, 0.15) is 18.5 Å². The molecule has 1 atom stereocenters. The topological polar surface area (TPSA) is 44.5 Å². The first-order valence-electron chi connectivity index (χ1n) is 6.55. The second-order valence-corrected chi connectivity index (χ2v) is 4.81. The van der Waals surface area contributed by atoms with Gasteiger partial charge in [-0.25, -0.2) is 0 Å². The second-order valence-electron chi connectivity index (χ2n) is 4.38. The van der Waals surface area contributed by atoms with E-state index in [1.807, 2.05) is 43.3 Å². The summed E-state index contributed by atoms with van der Waals surface area (Å²) < 4.78 is 11.1. The van der Waals surface area contributed by atoms with Crippen LogP contribution in [0.25, 0.3) is 0 Å². The molecule has 0 bridgehead atoms. The van der Waals surface area contributed by atoms with Gasteiger partial charge in [-0.2, -0.15) is 0 Å². The molecule has 2 aromatic carbocycles. The van der Waals surface area contributed by atoms with Crippen molar-refractivity contribution in [3.8, 4) is 11.5 Å². The summed E-state index contributed by atoms with van der Waals surface area (Å²) in [4.78, 5) is 0. The smallest absolute Gasteiger partial charge is 0.119 e. The van der Waals surface area contributed by atoms with Crippen molar-refractivity contribution >= 4 is 11.6 Å². The third-order valence-corrected chi connectivity index (χ3v) is 3.09. The fourth-order valence-electron chi connectivity index (χ4n) is 1.81. The molecule has 0 aliphatic heterocycles. The Hall–Kier alpha value is -1.71. The maximum atomic E-state index is 6.13. The summed E-state index contributed by atoms with van der Waals surface area (Å²) in [7, 11) is 0. The lowest BCUT2D eigenvalue weighted by atomic mass is 10.1. The molecule has 0 fully saturated rings. The molecule has 3 nitrogen and oxygen atoms in total. The van der Waals surface area contributed by atoms with Gasteiger partial charge in [0.2, 0.25) is 0 Å². The van der Waals surface area contributed by atoms with Gasteiger partial charge in [0.25, 0.3) is 0 Å². The van der Waals surface area contributed by atoms with Crippen LogP contribution in [0.2, 0.25) is 5.02 Å². The van der Waals surface area contributed by atoms with Gasteiger partial charge >= 0.3 is 0 Å². The lowest BCUT2D eigenvalue weighted by Crippen LogP contribution is -2.19. The van der Waals surface area contributed by atoms with E-state index < -0.39 is 0 Å². The van der Waals surface area contributed by atoms with E-state index in [1.54, 1.807) is 12.1 Å². The minimum absolute atomic E-state index is 0.203. The Morgan fingerprint density at radius 3 is 2.50 bits per heavy atom. The summed E-state index contributed by atoms with van der Waals surface area (Å²) in [6.45, 7) is 2.99. The third kappa shape index (κ3) is 4.15. The zero-order chi connectivity index (χ0) is 14.4. The molecule has 4 heteroatoms. The van der Waals surface area contributed by atoms with Gasteiger partial charge in [0, 0.05) is 5.02 Å². The zero-order valence-electron chi connectivity index (χ0n) is 11.4. The molecule has 0 aromatic heterocycles. The molecule has 20 heavy (non-hydrogen) atoms. The Bertz CT molecular complexity index is 542. The van der Waals surface area contributed by atoms with Gasteiger partial charge in [-0.1, -0.05) is 23.7 Å². The number of nitrogens with two attached hydrogens (primary N) is 1. The van der Waals surface area contributed by atoms with Crippen LogP contribution < -0.4 is 15.2 Å². The minimum atomic E-state index is -0.203. The number of benzene rings is 2. The van der Waals surface area contributed by atoms with E-state index in [-0.39, 0.29) is 6.04 Å². The highest BCUT2D eigenvalue weighted by Crippen LogP contribution is 2.20. The van der Waals surface area contributed by atoms with Crippen molar-refractivity contribution < 1.29 is 9.47 Å². The van der Waals surface area contributed by atoms with Crippen LogP contribution in [-0.2, 0) is 0 Å². The average Bonchev–Trinajstić information content (AvgIpc) is 2.47. The van der Waals surface area contributed by atoms with Crippen LogP contribution in [0.3, 0.4) is 0 Å². The van der Waals surface area contributed by atoms with E-state index in [0.29, 0.717) is 18.2 Å². The fraction of sp³-hybridized carbons (Fsp3) is 0.250. The van der Waals surface area contributed by atoms with E-state index >= 15 is 0 Å². The van der Waals surface area contributed by atoms with Crippen molar-refractivity contribution in [3.05, 3.63) is 59.1 Å². The Morgan fingerprint density at radius 1 is 1.05 bits per heavy atom. The summed E-state index contributed by atoms with van der Waals surface area (Å²) in [6, 6.07) is 14.8. The van der Waals surface area contributed by atoms with Gasteiger partial charge in [0.05, 0.1) is 12.6 Å². The van der Waals surface area contributed by atoms with E-state index in [0.717, 1.165) is 17.1 Å². The predicted molar refractivity (Wildman–Crippen MR) is 81.5 cm³/mol. The van der Waals surface area contributed by atoms with E-state index in [2.05, 4.69) is 0 Å². The van der Waals surface area contributed by atoms with Gasteiger partial charge in [-0.3, -0.25) is 0 Å². The molecule has 2 aromatic rings. The highest BCUT2D eigenvalue weighted by Gasteiger charge is 2.08. The molecular weight excluding hydrogens is 274 g/mol. The quantitative estimate of drug-likeness (QED) is 0.880. The lowest BCUT2D eigenvalue weighted by Gasteiger charge is -2.14. The fourth-order valence-corrected chi connectivity index (χ4v) is 1.94. The molecule has 2 rings (SSSR count). The summed E-state index contributed by atoms with van der Waals surface area (Å²) in [5, 5.41) is 0.686. The SMILES string of the molecule is CCOc1cccc(C(N)COc2ccc(Cl)cc2)c1. The van der Waals surface area contributed by atoms with E-state index in [4.69, 9.17) is 26.8 Å². The van der Waals surface area contributed by atoms with Crippen LogP contribution in [0, 0.1) is 0 Å². The number of ether oxygens (including phenoxy) is 2. The first kappa shape index (κ1) is 14.7. The first-order valence-corrected chi connectivity index (χ1v) is 6.93. The molecule has 0 amide bonds. The van der Waals surface area contributed by atoms with Crippen LogP contribution >= 0.6 is 11.6 Å². The molecule has 2 N–H and O–H groups in total. The second kappa shape index (κ2) is 7.17. The van der Waals surface area contributed by atoms with Crippen molar-refractivity contribution in [2.24, 2.45) is 5.73 Å². The maximum absolute atomic E-state index is 6.13. The summed E-state index contributed by atoms with van der Waals surface area (Å²) in [6.07, 6.45) is 0. The molecule has 0 radical (unpaired) electrons. The Balaban J connectivity index is 1.95. The Morgan fingerprint density at radius 2 is 1.80 bits per heavy atom. The summed E-state index contributed by atoms with van der Waals surface area (Å²) >= 11 is 5.82. The van der Waals surface area contributed by atoms with Crippen LogP contribution in [0.4, 0.5) is 0 Å². The summed E-state index contributed by atoms with van der Waals surface area (Å²) in [5.74, 6) is 1.58. The normalized spacial score (nSPS) is 11.9. The molecule has 0 saturated heterocycles. The van der Waals surface area contributed by atoms with Crippen molar-refractivity contribution in [2.75, 3.05) is 13.2 Å². The van der Waals surface area contributed by atoms with Crippen molar-refractivity contribution in [2.45, 2.75) is 13.0 Å². The molecule has 0 saturated carbocycles. The molecule has 0 aliphatic carbocycles. The van der Waals surface area contributed by atoms with Crippen molar-refractivity contribution in [1.29, 1.82) is 0 Å². The van der Waals surface area contributed by atoms with Crippen LogP contribution in [0.15, 0.2) is 48.5 Å². The number of halogens is 1. The van der Waals surface area contributed by atoms with Gasteiger partial charge in [-0.15, -0.1) is 0 Å². The van der Waals surface area contributed by atoms with Gasteiger partial charge in [0.1, 0.15) is 18.1 Å². The van der Waals surface area contributed by atoms with Crippen molar-refractivity contribution in [1.82, 2.24) is 0 Å². The van der Waals surface area contributed by atoms with Crippen molar-refractivity contribution in [3.63, 3.8) is 0 Å². The highest BCUT2D eigenvalue weighted by molar-refractivity contribution is 6.30. The molecule has 0 spiro atoms. The first-order chi connectivity index (χ1) is 9.69. The Kier molecular flexibility index (Phi) is 5.27. The monoisotopic (exact) mass is 291 g/mol. The molecule has 1 unspecified atom stereocenters. The maximum Gasteiger partial charge on any atom is 0.119 e. The number of hydrogen-bond acceptors (Lipinski definition) is 3. The lowest BCUT2D eigenvalue weighted by molar-refractivity contribution is 0.290. The molecule has 0 aliphatic rings. The largest absolute Gasteiger partial charge is 0.494 e. The highest BCUT2D eigenvalue weighted by atomic mass is 35.5. The van der Waals surface area contributed by atoms with Gasteiger partial charge in [-0.05, 0) is 48.9 Å². The predicted octanol–water partition coefficient (Wildman–Crippen LogP) is 3.82. The molecular formula is C16H18ClNO2. The van der Waals surface area contributed by atoms with Crippen LogP contribution in [-0.4, -0.2) is 13.2 Å². The minimum Gasteiger partial charge on any atom is -0.494 e. The van der Waals surface area contributed by atoms with Gasteiger partial charge in [0.15, 0.2) is 0 Å². The van der Waals surface area contributed by atoms with E-state index in [1.165, 1.54) is 0 Å². The summed E-state index contributed by atoms with van der Waals surface area (Å²) in [5.41, 5.74) is 7.12.